The van der Waals surface area contributed by atoms with Crippen LogP contribution in [0.25, 0.3) is 10.9 Å². The number of carbonyl (C=O) groups is 2. The average molecular weight is 461 g/mol. The largest absolute Gasteiger partial charge is 0.484 e. The maximum absolute atomic E-state index is 12.8. The summed E-state index contributed by atoms with van der Waals surface area (Å²) in [5.41, 5.74) is 3.52. The molecule has 176 valence electrons. The number of amides is 1. The molecular weight excluding hydrogens is 432 g/mol. The fourth-order valence-corrected chi connectivity index (χ4v) is 3.98. The highest BCUT2D eigenvalue weighted by Crippen LogP contribution is 2.30. The van der Waals surface area contributed by atoms with E-state index in [9.17, 15) is 9.59 Å². The summed E-state index contributed by atoms with van der Waals surface area (Å²) in [5.74, 6) is 0.545. The van der Waals surface area contributed by atoms with Gasteiger partial charge in [-0.25, -0.2) is 4.79 Å². The minimum Gasteiger partial charge on any atom is -0.484 e. The first-order valence-electron chi connectivity index (χ1n) is 11.3. The molecule has 34 heavy (non-hydrogen) atoms. The molecule has 0 bridgehead atoms. The van der Waals surface area contributed by atoms with Gasteiger partial charge in [-0.05, 0) is 56.2 Å². The maximum Gasteiger partial charge on any atom is 0.340 e. The van der Waals surface area contributed by atoms with E-state index in [1.165, 1.54) is 5.56 Å². The molecule has 0 saturated heterocycles. The van der Waals surface area contributed by atoms with Crippen LogP contribution in [0.15, 0.2) is 71.3 Å². The van der Waals surface area contributed by atoms with Crippen molar-refractivity contribution in [2.45, 2.75) is 33.4 Å². The second-order valence-electron chi connectivity index (χ2n) is 7.89. The predicted molar refractivity (Wildman–Crippen MR) is 129 cm³/mol. The summed E-state index contributed by atoms with van der Waals surface area (Å²) in [7, 11) is 0. The van der Waals surface area contributed by atoms with E-state index in [1.807, 2.05) is 37.3 Å². The molecule has 2 aromatic carbocycles. The minimum atomic E-state index is -0.364. The fourth-order valence-electron chi connectivity index (χ4n) is 3.98. The Balaban J connectivity index is 1.54. The fraction of sp³-hybridized carbons (Fsp3) is 0.259. The third kappa shape index (κ3) is 5.31. The number of nitrogens with zero attached hydrogens (tertiary/aromatic N) is 1. The molecular formula is C27H28N2O5. The Morgan fingerprint density at radius 3 is 2.62 bits per heavy atom. The number of rotatable bonds is 10. The Bertz CT molecular complexity index is 1260. The van der Waals surface area contributed by atoms with Crippen molar-refractivity contribution in [2.75, 3.05) is 13.2 Å². The lowest BCUT2D eigenvalue weighted by Gasteiger charge is -2.10. The summed E-state index contributed by atoms with van der Waals surface area (Å²) in [5, 5.41) is 3.50. The molecule has 4 rings (SSSR count). The van der Waals surface area contributed by atoms with Crippen molar-refractivity contribution < 1.29 is 23.5 Å². The summed E-state index contributed by atoms with van der Waals surface area (Å²) in [4.78, 5) is 25.0. The van der Waals surface area contributed by atoms with Gasteiger partial charge in [0.2, 0.25) is 0 Å². The van der Waals surface area contributed by atoms with Gasteiger partial charge in [0, 0.05) is 23.1 Å². The lowest BCUT2D eigenvalue weighted by atomic mass is 10.1. The number of nitrogens with one attached hydrogen (secondary N) is 1. The molecule has 2 aromatic heterocycles. The Morgan fingerprint density at radius 1 is 1.06 bits per heavy atom. The lowest BCUT2D eigenvalue weighted by molar-refractivity contribution is -0.123. The van der Waals surface area contributed by atoms with Crippen LogP contribution < -0.4 is 10.1 Å². The Morgan fingerprint density at radius 2 is 1.88 bits per heavy atom. The van der Waals surface area contributed by atoms with Crippen molar-refractivity contribution >= 4 is 22.8 Å². The van der Waals surface area contributed by atoms with Crippen molar-refractivity contribution in [3.05, 3.63) is 89.5 Å². The molecule has 7 nitrogen and oxygen atoms in total. The van der Waals surface area contributed by atoms with Gasteiger partial charge in [0.15, 0.2) is 6.61 Å². The molecule has 0 aliphatic carbocycles. The van der Waals surface area contributed by atoms with E-state index in [2.05, 4.69) is 22.0 Å². The topological polar surface area (TPSA) is 82.7 Å². The Hall–Kier alpha value is -4.00. The molecule has 0 unspecified atom stereocenters. The number of furan rings is 1. The van der Waals surface area contributed by atoms with Crippen LogP contribution in [0.4, 0.5) is 0 Å². The molecule has 1 amide bonds. The zero-order valence-electron chi connectivity index (χ0n) is 19.4. The number of aryl methyl sites for hydroxylation is 2. The molecule has 0 atom stereocenters. The molecule has 4 aromatic rings. The highest BCUT2D eigenvalue weighted by Gasteiger charge is 2.21. The van der Waals surface area contributed by atoms with Crippen molar-refractivity contribution in [1.82, 2.24) is 9.88 Å². The summed E-state index contributed by atoms with van der Waals surface area (Å²) in [6.45, 7) is 4.89. The number of esters is 1. The number of carbonyl (C=O) groups excluding carboxylic acids is 2. The van der Waals surface area contributed by atoms with Crippen molar-refractivity contribution in [1.29, 1.82) is 0 Å². The van der Waals surface area contributed by atoms with Crippen molar-refractivity contribution in [2.24, 2.45) is 0 Å². The minimum absolute atomic E-state index is 0.144. The highest BCUT2D eigenvalue weighted by atomic mass is 16.5. The monoisotopic (exact) mass is 460 g/mol. The van der Waals surface area contributed by atoms with Crippen LogP contribution in [-0.2, 0) is 29.0 Å². The summed E-state index contributed by atoms with van der Waals surface area (Å²) >= 11 is 0. The van der Waals surface area contributed by atoms with Crippen LogP contribution in [0.3, 0.4) is 0 Å². The number of fused-ring (bicyclic) bond motifs is 1. The van der Waals surface area contributed by atoms with Crippen LogP contribution in [-0.4, -0.2) is 29.7 Å². The molecule has 1 N–H and O–H groups in total. The van der Waals surface area contributed by atoms with E-state index in [-0.39, 0.29) is 18.5 Å². The normalized spacial score (nSPS) is 10.9. The Labute approximate surface area is 198 Å². The van der Waals surface area contributed by atoms with Crippen LogP contribution in [0.2, 0.25) is 0 Å². The summed E-state index contributed by atoms with van der Waals surface area (Å²) in [6, 6.07) is 19.3. The van der Waals surface area contributed by atoms with E-state index in [0.717, 1.165) is 29.6 Å². The van der Waals surface area contributed by atoms with E-state index in [0.29, 0.717) is 30.2 Å². The van der Waals surface area contributed by atoms with Crippen LogP contribution in [0, 0.1) is 6.92 Å². The quantitative estimate of drug-likeness (QED) is 0.348. The van der Waals surface area contributed by atoms with E-state index >= 15 is 0 Å². The van der Waals surface area contributed by atoms with Gasteiger partial charge in [-0.1, -0.05) is 30.3 Å². The van der Waals surface area contributed by atoms with E-state index in [4.69, 9.17) is 13.9 Å². The molecule has 0 spiro atoms. The first kappa shape index (κ1) is 23.2. The third-order valence-electron chi connectivity index (χ3n) is 5.65. The highest BCUT2D eigenvalue weighted by molar-refractivity contribution is 6.06. The van der Waals surface area contributed by atoms with Gasteiger partial charge in [0.25, 0.3) is 5.91 Å². The van der Waals surface area contributed by atoms with Gasteiger partial charge in [-0.3, -0.25) is 4.79 Å². The molecule has 0 saturated carbocycles. The van der Waals surface area contributed by atoms with Crippen LogP contribution >= 0.6 is 0 Å². The second kappa shape index (κ2) is 10.7. The van der Waals surface area contributed by atoms with E-state index < -0.39 is 0 Å². The standard InChI is InChI=1S/C27H28N2O5/c1-3-32-27(31)26-19(2)29(14-13-20-8-5-4-6-9-20)24-12-11-21(16-23(24)26)34-18-25(30)28-17-22-10-7-15-33-22/h4-12,15-16H,3,13-14,17-18H2,1-2H3,(H,28,30). The zero-order chi connectivity index (χ0) is 23.9. The van der Waals surface area contributed by atoms with Gasteiger partial charge in [-0.15, -0.1) is 0 Å². The molecule has 0 fully saturated rings. The molecule has 7 heteroatoms. The van der Waals surface area contributed by atoms with Crippen LogP contribution in [0.1, 0.15) is 34.3 Å². The number of hydrogen-bond acceptors (Lipinski definition) is 5. The number of benzene rings is 2. The number of aromatic nitrogens is 1. The summed E-state index contributed by atoms with van der Waals surface area (Å²) in [6.07, 6.45) is 2.39. The molecule has 2 heterocycles. The second-order valence-corrected chi connectivity index (χ2v) is 7.89. The Kier molecular flexibility index (Phi) is 7.32. The van der Waals surface area contributed by atoms with Crippen LogP contribution in [0.5, 0.6) is 5.75 Å². The smallest absolute Gasteiger partial charge is 0.340 e. The molecule has 0 radical (unpaired) electrons. The number of hydrogen-bond donors (Lipinski definition) is 1. The first-order valence-corrected chi connectivity index (χ1v) is 11.3. The maximum atomic E-state index is 12.8. The lowest BCUT2D eigenvalue weighted by Crippen LogP contribution is -2.28. The SMILES string of the molecule is CCOC(=O)c1c(C)n(CCc2ccccc2)c2ccc(OCC(=O)NCc3ccco3)cc12. The predicted octanol–water partition coefficient (Wildman–Crippen LogP) is 4.66. The van der Waals surface area contributed by atoms with Crippen molar-refractivity contribution in [3.63, 3.8) is 0 Å². The van der Waals surface area contributed by atoms with Gasteiger partial charge in [-0.2, -0.15) is 0 Å². The van der Waals surface area contributed by atoms with E-state index in [1.54, 1.807) is 31.4 Å². The zero-order valence-corrected chi connectivity index (χ0v) is 19.4. The first-order chi connectivity index (χ1) is 16.6. The summed E-state index contributed by atoms with van der Waals surface area (Å²) < 4.78 is 18.4. The van der Waals surface area contributed by atoms with Gasteiger partial charge >= 0.3 is 5.97 Å². The molecule has 0 aliphatic rings. The van der Waals surface area contributed by atoms with Gasteiger partial charge < -0.3 is 23.8 Å². The van der Waals surface area contributed by atoms with Gasteiger partial charge in [0.05, 0.1) is 25.0 Å². The van der Waals surface area contributed by atoms with Gasteiger partial charge in [0.1, 0.15) is 11.5 Å². The molecule has 0 aliphatic heterocycles. The third-order valence-corrected chi connectivity index (χ3v) is 5.65. The number of ether oxygens (including phenoxy) is 2. The average Bonchev–Trinajstić information content (AvgIpc) is 3.46. The van der Waals surface area contributed by atoms with Crippen molar-refractivity contribution in [3.8, 4) is 5.75 Å².